The lowest BCUT2D eigenvalue weighted by Crippen LogP contribution is -2.35. The first-order chi connectivity index (χ1) is 9.29. The number of nitrogens with zero attached hydrogens (tertiary/aromatic N) is 1. The van der Waals surface area contributed by atoms with Gasteiger partial charge < -0.3 is 5.32 Å². The topological polar surface area (TPSA) is 70.6 Å². The zero-order valence-electron chi connectivity index (χ0n) is 11.7. The van der Waals surface area contributed by atoms with Crippen LogP contribution in [0.25, 0.3) is 0 Å². The fourth-order valence-corrected chi connectivity index (χ4v) is 1.70. The molecule has 0 aromatic heterocycles. The molecule has 1 rings (SSSR count). The zero-order chi connectivity index (χ0) is 15.2. The van der Waals surface area contributed by atoms with Crippen molar-refractivity contribution in [2.45, 2.75) is 20.8 Å². The minimum absolute atomic E-state index is 0.106. The summed E-state index contributed by atoms with van der Waals surface area (Å²) in [5.74, 6) is -0.682. The smallest absolute Gasteiger partial charge is 0.259 e. The molecule has 0 aliphatic heterocycles. The van der Waals surface area contributed by atoms with Gasteiger partial charge in [0, 0.05) is 10.7 Å². The summed E-state index contributed by atoms with van der Waals surface area (Å²) in [5, 5.41) is 6.36. The molecule has 0 spiro atoms. The highest BCUT2D eigenvalue weighted by molar-refractivity contribution is 9.10. The average molecular weight is 340 g/mol. The van der Waals surface area contributed by atoms with Gasteiger partial charge in [0.1, 0.15) is 0 Å². The summed E-state index contributed by atoms with van der Waals surface area (Å²) in [5.41, 5.74) is 2.74. The van der Waals surface area contributed by atoms with E-state index >= 15 is 0 Å². The van der Waals surface area contributed by atoms with Crippen LogP contribution in [0.2, 0.25) is 0 Å². The van der Waals surface area contributed by atoms with Crippen LogP contribution in [0.5, 0.6) is 0 Å². The lowest BCUT2D eigenvalue weighted by molar-refractivity contribution is -0.120. The SMILES string of the molecule is CC(C)(C)/C=N\NC(=O)CNC(=O)c1ccccc1Br. The molecule has 2 amide bonds. The molecule has 20 heavy (non-hydrogen) atoms. The third-order valence-corrected chi connectivity index (χ3v) is 2.86. The molecule has 1 aromatic carbocycles. The third kappa shape index (κ3) is 5.97. The summed E-state index contributed by atoms with van der Waals surface area (Å²) in [4.78, 5) is 23.3. The Morgan fingerprint density at radius 1 is 1.30 bits per heavy atom. The number of hydrogen-bond acceptors (Lipinski definition) is 3. The number of hydrogen-bond donors (Lipinski definition) is 2. The number of rotatable bonds is 4. The number of carbonyl (C=O) groups is 2. The van der Waals surface area contributed by atoms with Gasteiger partial charge in [-0.1, -0.05) is 32.9 Å². The summed E-state index contributed by atoms with van der Waals surface area (Å²) < 4.78 is 0.684. The first-order valence-corrected chi connectivity index (χ1v) is 6.95. The Hall–Kier alpha value is -1.69. The summed E-state index contributed by atoms with van der Waals surface area (Å²) in [6.45, 7) is 5.79. The highest BCUT2D eigenvalue weighted by atomic mass is 79.9. The van der Waals surface area contributed by atoms with E-state index in [0.29, 0.717) is 10.0 Å². The third-order valence-electron chi connectivity index (χ3n) is 2.17. The monoisotopic (exact) mass is 339 g/mol. The highest BCUT2D eigenvalue weighted by Gasteiger charge is 2.10. The van der Waals surface area contributed by atoms with Crippen molar-refractivity contribution in [1.82, 2.24) is 10.7 Å². The standard InChI is InChI=1S/C14H18BrN3O2/c1-14(2,3)9-17-18-12(19)8-16-13(20)10-6-4-5-7-11(10)15/h4-7,9H,8H2,1-3H3,(H,16,20)(H,18,19)/b17-9-. The van der Waals surface area contributed by atoms with E-state index in [0.717, 1.165) is 0 Å². The Morgan fingerprint density at radius 3 is 2.55 bits per heavy atom. The molecule has 2 N–H and O–H groups in total. The molecule has 0 bridgehead atoms. The first kappa shape index (κ1) is 16.4. The normalized spacial score (nSPS) is 11.4. The molecular weight excluding hydrogens is 322 g/mol. The minimum atomic E-state index is -0.370. The fourth-order valence-electron chi connectivity index (χ4n) is 1.24. The molecule has 0 heterocycles. The molecule has 0 unspecified atom stereocenters. The molecule has 0 atom stereocenters. The van der Waals surface area contributed by atoms with Crippen LogP contribution in [0, 0.1) is 5.41 Å². The maximum atomic E-state index is 11.8. The van der Waals surface area contributed by atoms with Crippen molar-refractivity contribution in [3.05, 3.63) is 34.3 Å². The molecule has 1 aromatic rings. The van der Waals surface area contributed by atoms with Crippen molar-refractivity contribution in [1.29, 1.82) is 0 Å². The van der Waals surface area contributed by atoms with Gasteiger partial charge in [-0.15, -0.1) is 0 Å². The second-order valence-electron chi connectivity index (χ2n) is 5.32. The molecule has 0 saturated heterocycles. The summed E-state index contributed by atoms with van der Waals surface area (Å²) >= 11 is 3.28. The highest BCUT2D eigenvalue weighted by Crippen LogP contribution is 2.15. The van der Waals surface area contributed by atoms with E-state index in [2.05, 4.69) is 31.8 Å². The number of halogens is 1. The van der Waals surface area contributed by atoms with E-state index in [1.165, 1.54) is 0 Å². The summed E-state index contributed by atoms with van der Waals surface area (Å²) in [7, 11) is 0. The Bertz CT molecular complexity index is 521. The molecular formula is C14H18BrN3O2. The van der Waals surface area contributed by atoms with Crippen LogP contribution in [0.15, 0.2) is 33.8 Å². The molecule has 5 nitrogen and oxygen atoms in total. The van der Waals surface area contributed by atoms with Crippen LogP contribution in [-0.2, 0) is 4.79 Å². The first-order valence-electron chi connectivity index (χ1n) is 6.15. The van der Waals surface area contributed by atoms with E-state index in [1.54, 1.807) is 24.4 Å². The van der Waals surface area contributed by atoms with Crippen molar-refractivity contribution in [3.63, 3.8) is 0 Å². The van der Waals surface area contributed by atoms with Gasteiger partial charge >= 0.3 is 0 Å². The maximum Gasteiger partial charge on any atom is 0.259 e. The van der Waals surface area contributed by atoms with Crippen molar-refractivity contribution in [3.8, 4) is 0 Å². The Kier molecular flexibility index (Phi) is 5.88. The van der Waals surface area contributed by atoms with Gasteiger partial charge in [0.2, 0.25) is 0 Å². The van der Waals surface area contributed by atoms with Gasteiger partial charge in [-0.2, -0.15) is 5.10 Å². The van der Waals surface area contributed by atoms with E-state index in [1.807, 2.05) is 26.8 Å². The largest absolute Gasteiger partial charge is 0.343 e. The number of carbonyl (C=O) groups excluding carboxylic acids is 2. The van der Waals surface area contributed by atoms with Crippen LogP contribution < -0.4 is 10.7 Å². The predicted octanol–water partition coefficient (Wildman–Crippen LogP) is 2.33. The van der Waals surface area contributed by atoms with Gasteiger partial charge in [0.25, 0.3) is 11.8 Å². The van der Waals surface area contributed by atoms with Crippen molar-refractivity contribution >= 4 is 34.0 Å². The van der Waals surface area contributed by atoms with Gasteiger partial charge in [-0.3, -0.25) is 9.59 Å². The molecule has 0 saturated carbocycles. The average Bonchev–Trinajstić information content (AvgIpc) is 2.35. The quantitative estimate of drug-likeness (QED) is 0.652. The van der Waals surface area contributed by atoms with Gasteiger partial charge in [0.05, 0.1) is 12.1 Å². The summed E-state index contributed by atoms with van der Waals surface area (Å²) in [6, 6.07) is 7.01. The molecule has 108 valence electrons. The van der Waals surface area contributed by atoms with Gasteiger partial charge in [-0.05, 0) is 33.5 Å². The molecule has 0 aliphatic carbocycles. The van der Waals surface area contributed by atoms with Crippen LogP contribution >= 0.6 is 15.9 Å². The predicted molar refractivity (Wildman–Crippen MR) is 82.6 cm³/mol. The van der Waals surface area contributed by atoms with E-state index < -0.39 is 0 Å². The Morgan fingerprint density at radius 2 is 1.95 bits per heavy atom. The molecule has 0 fully saturated rings. The van der Waals surface area contributed by atoms with Crippen LogP contribution in [0.1, 0.15) is 31.1 Å². The Balaban J connectivity index is 2.44. The van der Waals surface area contributed by atoms with E-state index in [9.17, 15) is 9.59 Å². The van der Waals surface area contributed by atoms with Crippen LogP contribution in [0.4, 0.5) is 0 Å². The molecule has 6 heteroatoms. The lowest BCUT2D eigenvalue weighted by Gasteiger charge is -2.10. The number of amides is 2. The zero-order valence-corrected chi connectivity index (χ0v) is 13.3. The Labute approximate surface area is 127 Å². The lowest BCUT2D eigenvalue weighted by atomic mass is 9.99. The number of nitrogens with one attached hydrogen (secondary N) is 2. The van der Waals surface area contributed by atoms with E-state index in [-0.39, 0.29) is 23.8 Å². The van der Waals surface area contributed by atoms with Crippen molar-refractivity contribution < 1.29 is 9.59 Å². The molecule has 0 aliphatic rings. The van der Waals surface area contributed by atoms with Crippen molar-refractivity contribution in [2.75, 3.05) is 6.54 Å². The van der Waals surface area contributed by atoms with Crippen LogP contribution in [0.3, 0.4) is 0 Å². The number of hydrazone groups is 1. The molecule has 0 radical (unpaired) electrons. The maximum absolute atomic E-state index is 11.8. The van der Waals surface area contributed by atoms with Gasteiger partial charge in [0.15, 0.2) is 0 Å². The minimum Gasteiger partial charge on any atom is -0.343 e. The second kappa shape index (κ2) is 7.19. The fraction of sp³-hybridized carbons (Fsp3) is 0.357. The number of benzene rings is 1. The summed E-state index contributed by atoms with van der Waals surface area (Å²) in [6.07, 6.45) is 1.64. The second-order valence-corrected chi connectivity index (χ2v) is 6.18. The van der Waals surface area contributed by atoms with Crippen LogP contribution in [-0.4, -0.2) is 24.6 Å². The van der Waals surface area contributed by atoms with Gasteiger partial charge in [-0.25, -0.2) is 5.43 Å². The van der Waals surface area contributed by atoms with Crippen molar-refractivity contribution in [2.24, 2.45) is 10.5 Å². The van der Waals surface area contributed by atoms with E-state index in [4.69, 9.17) is 0 Å².